The van der Waals surface area contributed by atoms with E-state index in [0.29, 0.717) is 40.9 Å². The fourth-order valence-corrected chi connectivity index (χ4v) is 13.5. The van der Waals surface area contributed by atoms with Crippen LogP contribution in [0.15, 0.2) is 77.6 Å². The van der Waals surface area contributed by atoms with Crippen molar-refractivity contribution in [1.29, 1.82) is 0 Å². The molecule has 0 spiro atoms. The van der Waals surface area contributed by atoms with E-state index in [-0.39, 0.29) is 49.0 Å². The fourth-order valence-electron chi connectivity index (χ4n) is 8.97. The molecule has 2 aromatic heterocycles. The number of ether oxygens (including phenoxy) is 2. The molecule has 2 N–H and O–H groups in total. The van der Waals surface area contributed by atoms with Crippen molar-refractivity contribution in [2.24, 2.45) is 0 Å². The van der Waals surface area contributed by atoms with Crippen LogP contribution in [0.25, 0.3) is 22.3 Å². The molecule has 0 saturated carbocycles. The van der Waals surface area contributed by atoms with Gasteiger partial charge in [-0.15, -0.1) is 0 Å². The van der Waals surface area contributed by atoms with Crippen LogP contribution >= 0.6 is 0 Å². The zero-order valence-corrected chi connectivity index (χ0v) is 32.6. The van der Waals surface area contributed by atoms with Crippen molar-refractivity contribution in [2.75, 3.05) is 13.2 Å². The maximum Gasteiger partial charge on any atom is 0.407 e. The number of benzene rings is 3. The molecule has 0 unspecified atom stereocenters. The van der Waals surface area contributed by atoms with Crippen molar-refractivity contribution in [3.8, 4) is 11.4 Å². The van der Waals surface area contributed by atoms with Gasteiger partial charge in [0.05, 0.1) is 41.7 Å². The smallest absolute Gasteiger partial charge is 0.407 e. The number of aromatic nitrogens is 2. The highest BCUT2D eigenvalue weighted by Gasteiger charge is 2.50. The lowest BCUT2D eigenvalue weighted by atomic mass is 9.81. The standard InChI is InChI=1S/C43H44FN3O7Si/c1-6-43(51)31-21-35-38-29(23-47(35)39(48)30(31)24-53-40(43)49)37-33(18-17-28-25(2)32(44)22-34(45-38)36(28)37)46-41(50)52-19-20-54-55(42(3,4)5,26-13-9-7-10-14-26)27-15-11-8-12-16-27/h7-16,21-22,33,51H,6,17-20,23-24H2,1-5H3,(H,46,50)/t33-,43-/m0/s1. The molecule has 12 heteroatoms. The summed E-state index contributed by atoms with van der Waals surface area (Å²) in [5.41, 5.74) is 2.06. The first-order chi connectivity index (χ1) is 26.3. The SMILES string of the molecule is CC[C@@]1(O)C(=O)OCc2c1cc1n(c2=O)Cc2c-1nc1cc(F)c(C)c3c1c2[C@@H](NC(=O)OCCO[Si](c1ccccc1)(c1ccccc1)C(C)(C)C)CC3. The molecule has 3 aromatic carbocycles. The van der Waals surface area contributed by atoms with Crippen molar-refractivity contribution >= 4 is 41.7 Å². The highest BCUT2D eigenvalue weighted by Crippen LogP contribution is 2.46. The minimum absolute atomic E-state index is 0.00979. The molecule has 0 fully saturated rings. The van der Waals surface area contributed by atoms with Crippen LogP contribution in [0.1, 0.15) is 80.0 Å². The summed E-state index contributed by atoms with van der Waals surface area (Å²) < 4.78 is 34.9. The van der Waals surface area contributed by atoms with Gasteiger partial charge >= 0.3 is 12.1 Å². The summed E-state index contributed by atoms with van der Waals surface area (Å²) in [4.78, 5) is 45.2. The Kier molecular flexibility index (Phi) is 9.05. The van der Waals surface area contributed by atoms with Gasteiger partial charge in [-0.1, -0.05) is 88.4 Å². The summed E-state index contributed by atoms with van der Waals surface area (Å²) in [5.74, 6) is -1.20. The van der Waals surface area contributed by atoms with Gasteiger partial charge in [-0.3, -0.25) is 4.79 Å². The van der Waals surface area contributed by atoms with Gasteiger partial charge in [0.15, 0.2) is 5.60 Å². The number of hydrogen-bond donors (Lipinski definition) is 2. The minimum Gasteiger partial charge on any atom is -0.458 e. The van der Waals surface area contributed by atoms with E-state index in [0.717, 1.165) is 26.9 Å². The summed E-state index contributed by atoms with van der Waals surface area (Å²) in [6.45, 7) is 10.0. The summed E-state index contributed by atoms with van der Waals surface area (Å²) in [5, 5.41) is 17.2. The van der Waals surface area contributed by atoms with E-state index in [2.05, 4.69) is 50.4 Å². The molecule has 2 atom stereocenters. The largest absolute Gasteiger partial charge is 0.458 e. The van der Waals surface area contributed by atoms with E-state index in [9.17, 15) is 19.5 Å². The number of pyridine rings is 2. The molecular formula is C43H44FN3O7Si. The Balaban J connectivity index is 1.10. The third-order valence-corrected chi connectivity index (χ3v) is 16.8. The number of carbonyl (C=O) groups excluding carboxylic acids is 2. The van der Waals surface area contributed by atoms with Crippen molar-refractivity contribution in [3.63, 3.8) is 0 Å². The molecule has 55 heavy (non-hydrogen) atoms. The molecule has 3 aliphatic rings. The van der Waals surface area contributed by atoms with E-state index >= 15 is 4.39 Å². The van der Waals surface area contributed by atoms with Crippen LogP contribution in [0.5, 0.6) is 0 Å². The number of rotatable bonds is 8. The normalized spacial score (nSPS) is 18.7. The lowest BCUT2D eigenvalue weighted by Crippen LogP contribution is -2.66. The highest BCUT2D eigenvalue weighted by molar-refractivity contribution is 6.99. The van der Waals surface area contributed by atoms with Gasteiger partial charge in [0.1, 0.15) is 19.0 Å². The van der Waals surface area contributed by atoms with E-state index in [1.165, 1.54) is 6.07 Å². The van der Waals surface area contributed by atoms with Gasteiger partial charge in [0.2, 0.25) is 0 Å². The highest BCUT2D eigenvalue weighted by atomic mass is 28.4. The van der Waals surface area contributed by atoms with Crippen LogP contribution < -0.4 is 21.2 Å². The lowest BCUT2D eigenvalue weighted by molar-refractivity contribution is -0.172. The molecule has 5 aromatic rings. The number of amides is 1. The van der Waals surface area contributed by atoms with Gasteiger partial charge in [0, 0.05) is 22.6 Å². The third-order valence-electron chi connectivity index (χ3n) is 11.7. The minimum atomic E-state index is -2.84. The number of nitrogens with zero attached hydrogens (tertiary/aromatic N) is 2. The molecule has 284 valence electrons. The van der Waals surface area contributed by atoms with Gasteiger partial charge in [-0.25, -0.2) is 19.0 Å². The first kappa shape index (κ1) is 36.8. The Bertz CT molecular complexity index is 2390. The Morgan fingerprint density at radius 1 is 1.04 bits per heavy atom. The van der Waals surface area contributed by atoms with Crippen molar-refractivity contribution < 1.29 is 33.0 Å². The summed E-state index contributed by atoms with van der Waals surface area (Å²) in [7, 11) is -2.84. The fraction of sp³-hybridized carbons (Fsp3) is 0.349. The number of halogens is 1. The van der Waals surface area contributed by atoms with Gasteiger partial charge in [0.25, 0.3) is 13.9 Å². The van der Waals surface area contributed by atoms with Gasteiger partial charge < -0.3 is 28.9 Å². The number of nitrogens with one attached hydrogen (secondary N) is 1. The quantitative estimate of drug-likeness (QED) is 0.113. The number of alkyl carbamates (subject to hydrolysis) is 1. The number of carbonyl (C=O) groups is 2. The van der Waals surface area contributed by atoms with Gasteiger partial charge in [-0.05, 0) is 64.4 Å². The summed E-state index contributed by atoms with van der Waals surface area (Å²) in [6, 6.07) is 23.0. The van der Waals surface area contributed by atoms with Crippen LogP contribution in [0.3, 0.4) is 0 Å². The van der Waals surface area contributed by atoms with Crippen molar-refractivity contribution in [2.45, 2.75) is 83.7 Å². The average molecular weight is 762 g/mol. The average Bonchev–Trinajstić information content (AvgIpc) is 3.54. The van der Waals surface area contributed by atoms with Crippen molar-refractivity contribution in [1.82, 2.24) is 14.9 Å². The van der Waals surface area contributed by atoms with Crippen LogP contribution in [-0.2, 0) is 43.9 Å². The molecular weight excluding hydrogens is 718 g/mol. The van der Waals surface area contributed by atoms with Crippen molar-refractivity contribution in [3.05, 3.63) is 122 Å². The molecule has 0 radical (unpaired) electrons. The number of cyclic esters (lactones) is 1. The zero-order chi connectivity index (χ0) is 38.9. The maximum absolute atomic E-state index is 15.4. The van der Waals surface area contributed by atoms with Crippen LogP contribution in [0, 0.1) is 12.7 Å². The molecule has 0 saturated heterocycles. The number of esters is 1. The monoisotopic (exact) mass is 761 g/mol. The number of aryl methyl sites for hydroxylation is 1. The Labute approximate surface area is 319 Å². The first-order valence-electron chi connectivity index (χ1n) is 18.8. The second-order valence-corrected chi connectivity index (χ2v) is 20.0. The molecule has 10 nitrogen and oxygen atoms in total. The predicted octanol–water partition coefficient (Wildman–Crippen LogP) is 5.82. The maximum atomic E-state index is 15.4. The van der Waals surface area contributed by atoms with Crippen LogP contribution in [0.4, 0.5) is 9.18 Å². The third kappa shape index (κ3) is 5.72. The summed E-state index contributed by atoms with van der Waals surface area (Å²) in [6.07, 6.45) is 0.356. The number of hydrogen-bond acceptors (Lipinski definition) is 8. The van der Waals surface area contributed by atoms with Gasteiger partial charge in [-0.2, -0.15) is 0 Å². The van der Waals surface area contributed by atoms with E-state index < -0.39 is 43.4 Å². The van der Waals surface area contributed by atoms with E-state index in [1.807, 2.05) is 36.4 Å². The molecule has 8 rings (SSSR count). The van der Waals surface area contributed by atoms with Crippen LogP contribution in [-0.4, -0.2) is 48.3 Å². The Morgan fingerprint density at radius 2 is 1.71 bits per heavy atom. The first-order valence-corrected chi connectivity index (χ1v) is 20.7. The molecule has 1 amide bonds. The lowest BCUT2D eigenvalue weighted by Gasteiger charge is -2.43. The van der Waals surface area contributed by atoms with Crippen LogP contribution in [0.2, 0.25) is 5.04 Å². The zero-order valence-electron chi connectivity index (χ0n) is 31.6. The van der Waals surface area contributed by atoms with E-state index in [4.69, 9.17) is 18.9 Å². The Morgan fingerprint density at radius 3 is 2.35 bits per heavy atom. The molecule has 0 bridgehead atoms. The predicted molar refractivity (Wildman–Crippen MR) is 208 cm³/mol. The number of aliphatic hydroxyl groups is 1. The Hall–Kier alpha value is -5.17. The molecule has 4 heterocycles. The second kappa shape index (κ2) is 13.5. The molecule has 2 aliphatic heterocycles. The number of fused-ring (bicyclic) bond motifs is 5. The second-order valence-electron chi connectivity index (χ2n) is 15.7. The van der Waals surface area contributed by atoms with E-state index in [1.54, 1.807) is 24.5 Å². The topological polar surface area (TPSA) is 129 Å². The molecule has 1 aliphatic carbocycles. The summed E-state index contributed by atoms with van der Waals surface area (Å²) >= 11 is 0.